The van der Waals surface area contributed by atoms with Gasteiger partial charge in [0.15, 0.2) is 11.5 Å². The minimum atomic E-state index is 0.0155. The first-order valence-electron chi connectivity index (χ1n) is 10.4. The first kappa shape index (κ1) is 21.8. The number of rotatable bonds is 10. The summed E-state index contributed by atoms with van der Waals surface area (Å²) in [5.74, 6) is 2.30. The summed E-state index contributed by atoms with van der Waals surface area (Å²) in [6.07, 6.45) is 0. The molecule has 0 radical (unpaired) electrons. The molecule has 3 rings (SSSR count). The number of methoxy groups -OCH3 is 1. The Morgan fingerprint density at radius 3 is 2.30 bits per heavy atom. The van der Waals surface area contributed by atoms with Gasteiger partial charge in [0.1, 0.15) is 12.4 Å². The van der Waals surface area contributed by atoms with Gasteiger partial charge in [0.05, 0.1) is 32.5 Å². The number of nitrogens with one attached hydrogen (secondary N) is 1. The van der Waals surface area contributed by atoms with Gasteiger partial charge in [-0.3, -0.25) is 9.69 Å². The highest BCUT2D eigenvalue weighted by atomic mass is 16.5. The minimum absolute atomic E-state index is 0.0155. The van der Waals surface area contributed by atoms with Crippen molar-refractivity contribution in [3.8, 4) is 17.2 Å². The van der Waals surface area contributed by atoms with Crippen LogP contribution in [0.3, 0.4) is 0 Å². The third-order valence-electron chi connectivity index (χ3n) is 5.00. The summed E-state index contributed by atoms with van der Waals surface area (Å²) in [4.78, 5) is 16.8. The Hall–Kier alpha value is -2.93. The number of carbonyl (C=O) groups excluding carboxylic acids is 1. The van der Waals surface area contributed by atoms with E-state index in [1.807, 2.05) is 49.4 Å². The molecule has 1 aliphatic heterocycles. The number of piperazine rings is 1. The Kier molecular flexibility index (Phi) is 8.20. The molecule has 1 N–H and O–H groups in total. The van der Waals surface area contributed by atoms with Gasteiger partial charge >= 0.3 is 0 Å². The zero-order chi connectivity index (χ0) is 21.2. The van der Waals surface area contributed by atoms with Crippen LogP contribution in [0, 0.1) is 0 Å². The second-order valence-electron chi connectivity index (χ2n) is 7.01. The summed E-state index contributed by atoms with van der Waals surface area (Å²) in [6, 6.07) is 15.6. The summed E-state index contributed by atoms with van der Waals surface area (Å²) >= 11 is 0. The van der Waals surface area contributed by atoms with Gasteiger partial charge in [0.2, 0.25) is 5.91 Å². The lowest BCUT2D eigenvalue weighted by molar-refractivity contribution is -0.122. The van der Waals surface area contributed by atoms with E-state index in [-0.39, 0.29) is 5.91 Å². The molecule has 1 fully saturated rings. The van der Waals surface area contributed by atoms with Crippen LogP contribution in [0.25, 0.3) is 0 Å². The van der Waals surface area contributed by atoms with Gasteiger partial charge in [0, 0.05) is 26.2 Å². The quantitative estimate of drug-likeness (QED) is 0.604. The number of benzene rings is 2. The molecule has 1 amide bonds. The highest BCUT2D eigenvalue weighted by Crippen LogP contribution is 2.28. The van der Waals surface area contributed by atoms with Gasteiger partial charge < -0.3 is 24.4 Å². The minimum Gasteiger partial charge on any atom is -0.493 e. The van der Waals surface area contributed by atoms with E-state index in [4.69, 9.17) is 14.2 Å². The molecule has 1 saturated heterocycles. The fourth-order valence-corrected chi connectivity index (χ4v) is 3.49. The molecule has 0 atom stereocenters. The largest absolute Gasteiger partial charge is 0.493 e. The van der Waals surface area contributed by atoms with Gasteiger partial charge in [-0.2, -0.15) is 0 Å². The Morgan fingerprint density at radius 1 is 0.933 bits per heavy atom. The van der Waals surface area contributed by atoms with Crippen molar-refractivity contribution in [1.29, 1.82) is 0 Å². The van der Waals surface area contributed by atoms with E-state index in [1.165, 1.54) is 0 Å². The zero-order valence-electron chi connectivity index (χ0n) is 17.8. The summed E-state index contributed by atoms with van der Waals surface area (Å²) in [7, 11) is 1.61. The molecule has 0 aliphatic carbocycles. The van der Waals surface area contributed by atoms with E-state index in [9.17, 15) is 4.79 Å². The number of nitrogens with zero attached hydrogens (tertiary/aromatic N) is 2. The van der Waals surface area contributed by atoms with Crippen molar-refractivity contribution in [1.82, 2.24) is 10.2 Å². The molecule has 0 spiro atoms. The molecule has 0 unspecified atom stereocenters. The average Bonchev–Trinajstić information content (AvgIpc) is 2.78. The Labute approximate surface area is 178 Å². The summed E-state index contributed by atoms with van der Waals surface area (Å²) in [5, 5.41) is 2.93. The number of anilines is 1. The number of ether oxygens (including phenoxy) is 3. The molecule has 1 aliphatic rings. The number of hydrogen-bond acceptors (Lipinski definition) is 6. The van der Waals surface area contributed by atoms with Crippen LogP contribution in [-0.2, 0) is 4.79 Å². The maximum Gasteiger partial charge on any atom is 0.234 e. The van der Waals surface area contributed by atoms with E-state index in [0.29, 0.717) is 37.8 Å². The molecular formula is C23H31N3O4. The van der Waals surface area contributed by atoms with Gasteiger partial charge in [-0.05, 0) is 31.2 Å². The van der Waals surface area contributed by atoms with Crippen LogP contribution < -0.4 is 24.4 Å². The second-order valence-corrected chi connectivity index (χ2v) is 7.01. The predicted octanol–water partition coefficient (Wildman–Crippen LogP) is 2.41. The predicted molar refractivity (Wildman–Crippen MR) is 118 cm³/mol. The Morgan fingerprint density at radius 2 is 1.60 bits per heavy atom. The van der Waals surface area contributed by atoms with Crippen LogP contribution >= 0.6 is 0 Å². The van der Waals surface area contributed by atoms with Gasteiger partial charge in [-0.1, -0.05) is 24.3 Å². The maximum atomic E-state index is 12.3. The number of carbonyl (C=O) groups is 1. The van der Waals surface area contributed by atoms with E-state index in [1.54, 1.807) is 7.11 Å². The van der Waals surface area contributed by atoms with Crippen molar-refractivity contribution in [2.45, 2.75) is 6.92 Å². The van der Waals surface area contributed by atoms with E-state index >= 15 is 0 Å². The molecule has 7 nitrogen and oxygen atoms in total. The van der Waals surface area contributed by atoms with Crippen LogP contribution in [0.15, 0.2) is 48.5 Å². The molecule has 162 valence electrons. The zero-order valence-corrected chi connectivity index (χ0v) is 17.8. The van der Waals surface area contributed by atoms with Crippen molar-refractivity contribution < 1.29 is 19.0 Å². The number of hydrogen-bond donors (Lipinski definition) is 1. The number of amides is 1. The summed E-state index contributed by atoms with van der Waals surface area (Å²) in [6.45, 7) is 7.31. The normalized spacial score (nSPS) is 14.3. The maximum absolute atomic E-state index is 12.3. The van der Waals surface area contributed by atoms with Crippen LogP contribution in [-0.4, -0.2) is 70.4 Å². The molecule has 0 aromatic heterocycles. The Bertz CT molecular complexity index is 807. The molecule has 7 heteroatoms. The van der Waals surface area contributed by atoms with Crippen molar-refractivity contribution in [3.63, 3.8) is 0 Å². The van der Waals surface area contributed by atoms with Crippen molar-refractivity contribution in [2.24, 2.45) is 0 Å². The molecule has 2 aromatic carbocycles. The molecule has 1 heterocycles. The third kappa shape index (κ3) is 6.03. The van der Waals surface area contributed by atoms with E-state index in [0.717, 1.165) is 37.6 Å². The van der Waals surface area contributed by atoms with Gasteiger partial charge in [0.25, 0.3) is 0 Å². The number of para-hydroxylation sites is 4. The second kappa shape index (κ2) is 11.3. The van der Waals surface area contributed by atoms with Crippen LogP contribution in [0.2, 0.25) is 0 Å². The molecule has 2 aromatic rings. The first-order valence-corrected chi connectivity index (χ1v) is 10.4. The van der Waals surface area contributed by atoms with Crippen molar-refractivity contribution in [2.75, 3.05) is 64.5 Å². The first-order chi connectivity index (χ1) is 14.7. The average molecular weight is 414 g/mol. The van der Waals surface area contributed by atoms with Crippen LogP contribution in [0.5, 0.6) is 17.2 Å². The third-order valence-corrected chi connectivity index (χ3v) is 5.00. The monoisotopic (exact) mass is 413 g/mol. The lowest BCUT2D eigenvalue weighted by atomic mass is 10.2. The van der Waals surface area contributed by atoms with Crippen LogP contribution in [0.4, 0.5) is 5.69 Å². The highest BCUT2D eigenvalue weighted by molar-refractivity contribution is 5.78. The topological polar surface area (TPSA) is 63.3 Å². The highest BCUT2D eigenvalue weighted by Gasteiger charge is 2.21. The van der Waals surface area contributed by atoms with Crippen molar-refractivity contribution >= 4 is 11.6 Å². The standard InChI is InChI=1S/C23H31N3O4/c1-3-29-20-9-5-4-8-19(20)26-15-13-25(14-16-26)18-23(27)24-12-17-30-22-11-7-6-10-21(22)28-2/h4-11H,3,12-18H2,1-2H3,(H,24,27). The molecular weight excluding hydrogens is 382 g/mol. The molecule has 0 bridgehead atoms. The van der Waals surface area contributed by atoms with Gasteiger partial charge in [-0.25, -0.2) is 0 Å². The lowest BCUT2D eigenvalue weighted by Crippen LogP contribution is -2.49. The van der Waals surface area contributed by atoms with Crippen molar-refractivity contribution in [3.05, 3.63) is 48.5 Å². The fourth-order valence-electron chi connectivity index (χ4n) is 3.49. The smallest absolute Gasteiger partial charge is 0.234 e. The summed E-state index contributed by atoms with van der Waals surface area (Å²) in [5.41, 5.74) is 1.12. The summed E-state index contributed by atoms with van der Waals surface area (Å²) < 4.78 is 16.7. The SMILES string of the molecule is CCOc1ccccc1N1CCN(CC(=O)NCCOc2ccccc2OC)CC1. The van der Waals surface area contributed by atoms with Crippen LogP contribution in [0.1, 0.15) is 6.92 Å². The fraction of sp³-hybridized carbons (Fsp3) is 0.435. The van der Waals surface area contributed by atoms with E-state index < -0.39 is 0 Å². The lowest BCUT2D eigenvalue weighted by Gasteiger charge is -2.36. The molecule has 30 heavy (non-hydrogen) atoms. The Balaban J connectivity index is 1.37. The van der Waals surface area contributed by atoms with E-state index in [2.05, 4.69) is 21.2 Å². The molecule has 0 saturated carbocycles. The van der Waals surface area contributed by atoms with Gasteiger partial charge in [-0.15, -0.1) is 0 Å².